The Kier molecular flexibility index (Phi) is 5.09. The molecule has 3 aromatic rings. The van der Waals surface area contributed by atoms with E-state index in [2.05, 4.69) is 0 Å². The number of phenols is 1. The van der Waals surface area contributed by atoms with E-state index in [0.29, 0.717) is 22.1 Å². The lowest BCUT2D eigenvalue weighted by Crippen LogP contribution is -2.09. The minimum absolute atomic E-state index is 0.0273. The summed E-state index contributed by atoms with van der Waals surface area (Å²) in [4.78, 5) is 24.7. The van der Waals surface area contributed by atoms with E-state index in [-0.39, 0.29) is 24.1 Å². The average Bonchev–Trinajstić information content (AvgIpc) is 2.62. The maximum Gasteiger partial charge on any atom is 0.336 e. The maximum absolute atomic E-state index is 11.9. The molecule has 0 aliphatic carbocycles. The van der Waals surface area contributed by atoms with Crippen LogP contribution in [0.15, 0.2) is 62.6 Å². The smallest absolute Gasteiger partial charge is 0.336 e. The number of carbonyl (C=O) groups excluding carboxylic acids is 1. The normalized spacial score (nSPS) is 10.8. The molecule has 0 atom stereocenters. The molecule has 0 saturated carbocycles. The fraction of sp³-hybridized carbons (Fsp3) is 0.158. The van der Waals surface area contributed by atoms with Gasteiger partial charge in [-0.25, -0.2) is 4.79 Å². The van der Waals surface area contributed by atoms with Crippen LogP contribution in [0.1, 0.15) is 11.1 Å². The highest BCUT2D eigenvalue weighted by Gasteiger charge is 2.12. The van der Waals surface area contributed by atoms with Crippen LogP contribution >= 0.6 is 11.8 Å². The van der Waals surface area contributed by atoms with Crippen molar-refractivity contribution in [2.45, 2.75) is 18.4 Å². The molecule has 1 N–H and O–H groups in total. The van der Waals surface area contributed by atoms with Crippen molar-refractivity contribution in [3.05, 3.63) is 70.1 Å². The van der Waals surface area contributed by atoms with Crippen molar-refractivity contribution in [2.24, 2.45) is 0 Å². The van der Waals surface area contributed by atoms with E-state index >= 15 is 0 Å². The number of fused-ring (bicyclic) bond motifs is 1. The second kappa shape index (κ2) is 7.44. The van der Waals surface area contributed by atoms with Gasteiger partial charge in [0.1, 0.15) is 17.9 Å². The quantitative estimate of drug-likeness (QED) is 0.427. The van der Waals surface area contributed by atoms with Crippen molar-refractivity contribution in [3.8, 4) is 5.75 Å². The first-order chi connectivity index (χ1) is 12.0. The van der Waals surface area contributed by atoms with E-state index in [0.717, 1.165) is 4.90 Å². The fourth-order valence-corrected chi connectivity index (χ4v) is 3.11. The van der Waals surface area contributed by atoms with Gasteiger partial charge in [0, 0.05) is 27.5 Å². The highest BCUT2D eigenvalue weighted by Crippen LogP contribution is 2.27. The summed E-state index contributed by atoms with van der Waals surface area (Å²) in [5, 5.41) is 10.4. The molecule has 2 aromatic carbocycles. The Morgan fingerprint density at radius 3 is 2.72 bits per heavy atom. The minimum atomic E-state index is -0.550. The molecule has 0 spiro atoms. The molecule has 0 saturated heterocycles. The molecule has 25 heavy (non-hydrogen) atoms. The molecule has 6 heteroatoms. The van der Waals surface area contributed by atoms with Crippen molar-refractivity contribution >= 4 is 28.7 Å². The van der Waals surface area contributed by atoms with Crippen molar-refractivity contribution in [3.63, 3.8) is 0 Å². The van der Waals surface area contributed by atoms with Gasteiger partial charge in [-0.1, -0.05) is 18.2 Å². The molecule has 0 bridgehead atoms. The number of benzene rings is 2. The Morgan fingerprint density at radius 1 is 1.20 bits per heavy atom. The number of hydrogen-bond donors (Lipinski definition) is 1. The third kappa shape index (κ3) is 4.03. The molecule has 0 aliphatic rings. The van der Waals surface area contributed by atoms with Gasteiger partial charge in [-0.2, -0.15) is 0 Å². The fourth-order valence-electron chi connectivity index (χ4n) is 2.39. The molecule has 0 fully saturated rings. The molecule has 0 unspecified atom stereocenters. The average molecular weight is 356 g/mol. The lowest BCUT2D eigenvalue weighted by Gasteiger charge is -2.09. The molecule has 128 valence electrons. The molecule has 0 aliphatic heterocycles. The monoisotopic (exact) mass is 356 g/mol. The number of aromatic hydroxyl groups is 1. The molecular formula is C19H16O5S. The Hall–Kier alpha value is -2.73. The number of esters is 1. The first kappa shape index (κ1) is 17.1. The molecular weight excluding hydrogens is 340 g/mol. The van der Waals surface area contributed by atoms with Crippen molar-refractivity contribution < 1.29 is 19.1 Å². The predicted octanol–water partition coefficient (Wildman–Crippen LogP) is 3.64. The lowest BCUT2D eigenvalue weighted by atomic mass is 10.1. The Bertz CT molecular complexity index is 963. The summed E-state index contributed by atoms with van der Waals surface area (Å²) in [6.45, 7) is 1.63. The summed E-state index contributed by atoms with van der Waals surface area (Å²) in [6, 6.07) is 14.0. The van der Waals surface area contributed by atoms with E-state index < -0.39 is 5.63 Å². The molecule has 1 aromatic heterocycles. The van der Waals surface area contributed by atoms with Gasteiger partial charge in [0.05, 0.1) is 5.75 Å². The Labute approximate surface area is 148 Å². The van der Waals surface area contributed by atoms with Gasteiger partial charge < -0.3 is 14.3 Å². The summed E-state index contributed by atoms with van der Waals surface area (Å²) in [6.07, 6.45) is 0. The summed E-state index contributed by atoms with van der Waals surface area (Å²) >= 11 is 1.39. The number of ether oxygens (including phenoxy) is 1. The van der Waals surface area contributed by atoms with Gasteiger partial charge in [-0.15, -0.1) is 11.8 Å². The number of carbonyl (C=O) groups is 1. The number of rotatable bonds is 5. The van der Waals surface area contributed by atoms with E-state index in [1.165, 1.54) is 23.9 Å². The maximum atomic E-state index is 11.9. The van der Waals surface area contributed by atoms with E-state index in [1.54, 1.807) is 13.0 Å². The van der Waals surface area contributed by atoms with Gasteiger partial charge in [0.15, 0.2) is 0 Å². The lowest BCUT2D eigenvalue weighted by molar-refractivity contribution is -0.141. The first-order valence-corrected chi connectivity index (χ1v) is 8.62. The zero-order valence-electron chi connectivity index (χ0n) is 13.5. The number of phenolic OH excluding ortho intramolecular Hbond substituents is 1. The Balaban J connectivity index is 1.72. The van der Waals surface area contributed by atoms with E-state index in [9.17, 15) is 14.7 Å². The van der Waals surface area contributed by atoms with Gasteiger partial charge in [-0.3, -0.25) is 4.79 Å². The highest BCUT2D eigenvalue weighted by molar-refractivity contribution is 8.00. The van der Waals surface area contributed by atoms with Crippen LogP contribution in [0.4, 0.5) is 0 Å². The number of hydrogen-bond acceptors (Lipinski definition) is 6. The van der Waals surface area contributed by atoms with Gasteiger partial charge in [0.2, 0.25) is 0 Å². The molecule has 1 heterocycles. The second-order valence-corrected chi connectivity index (χ2v) is 6.49. The van der Waals surface area contributed by atoms with Crippen LogP contribution < -0.4 is 5.63 Å². The van der Waals surface area contributed by atoms with Crippen LogP contribution in [0.2, 0.25) is 0 Å². The molecule has 0 amide bonds. The van der Waals surface area contributed by atoms with Gasteiger partial charge in [-0.05, 0) is 31.2 Å². The topological polar surface area (TPSA) is 76.7 Å². The minimum Gasteiger partial charge on any atom is -0.508 e. The van der Waals surface area contributed by atoms with E-state index in [1.807, 2.05) is 30.3 Å². The highest BCUT2D eigenvalue weighted by atomic mass is 32.2. The Morgan fingerprint density at radius 2 is 1.96 bits per heavy atom. The van der Waals surface area contributed by atoms with Crippen molar-refractivity contribution in [2.75, 3.05) is 5.75 Å². The largest absolute Gasteiger partial charge is 0.508 e. The van der Waals surface area contributed by atoms with Crippen molar-refractivity contribution in [1.29, 1.82) is 0 Å². The summed E-state index contributed by atoms with van der Waals surface area (Å²) in [7, 11) is 0. The SMILES string of the molecule is Cc1c(O)ccc2c(COC(=O)CSc3ccccc3)cc(=O)oc12. The summed E-state index contributed by atoms with van der Waals surface area (Å²) in [5.41, 5.74) is 0.776. The third-order valence-corrected chi connectivity index (χ3v) is 4.69. The van der Waals surface area contributed by atoms with Crippen LogP contribution in [0.25, 0.3) is 11.0 Å². The van der Waals surface area contributed by atoms with Gasteiger partial charge >= 0.3 is 11.6 Å². The van der Waals surface area contributed by atoms with Crippen LogP contribution in [0, 0.1) is 6.92 Å². The van der Waals surface area contributed by atoms with Crippen LogP contribution in [0.5, 0.6) is 5.75 Å². The first-order valence-electron chi connectivity index (χ1n) is 7.63. The molecule has 0 radical (unpaired) electrons. The molecule has 5 nitrogen and oxygen atoms in total. The summed E-state index contributed by atoms with van der Waals surface area (Å²) in [5.74, 6) is -0.141. The van der Waals surface area contributed by atoms with Gasteiger partial charge in [0.25, 0.3) is 0 Å². The van der Waals surface area contributed by atoms with Crippen LogP contribution in [-0.4, -0.2) is 16.8 Å². The number of aryl methyl sites for hydroxylation is 1. The standard InChI is InChI=1S/C19H16O5S/c1-12-16(20)8-7-15-13(9-17(21)24-19(12)15)10-23-18(22)11-25-14-5-3-2-4-6-14/h2-9,20H,10-11H2,1H3. The van der Waals surface area contributed by atoms with Crippen LogP contribution in [-0.2, 0) is 16.1 Å². The zero-order valence-corrected chi connectivity index (χ0v) is 14.3. The zero-order chi connectivity index (χ0) is 17.8. The predicted molar refractivity (Wildman–Crippen MR) is 95.8 cm³/mol. The van der Waals surface area contributed by atoms with Crippen molar-refractivity contribution in [1.82, 2.24) is 0 Å². The van der Waals surface area contributed by atoms with Crippen LogP contribution in [0.3, 0.4) is 0 Å². The number of thioether (sulfide) groups is 1. The summed E-state index contributed by atoms with van der Waals surface area (Å²) < 4.78 is 10.4. The van der Waals surface area contributed by atoms with E-state index in [4.69, 9.17) is 9.15 Å². The molecule has 3 rings (SSSR count). The second-order valence-electron chi connectivity index (χ2n) is 5.44. The third-order valence-electron chi connectivity index (χ3n) is 3.71.